The zero-order valence-electron chi connectivity index (χ0n) is 18.1. The number of carbonyl (C=O) groups is 2. The van der Waals surface area contributed by atoms with E-state index in [4.69, 9.17) is 14.2 Å². The first-order chi connectivity index (χ1) is 16.3. The molecule has 1 aliphatic heterocycles. The molecule has 1 N–H and O–H groups in total. The van der Waals surface area contributed by atoms with Gasteiger partial charge in [0.05, 0.1) is 11.1 Å². The maximum Gasteiger partial charge on any atom is 0.338 e. The van der Waals surface area contributed by atoms with Gasteiger partial charge in [0, 0.05) is 12.3 Å². The van der Waals surface area contributed by atoms with Gasteiger partial charge in [0.2, 0.25) is 0 Å². The molecule has 1 saturated heterocycles. The van der Waals surface area contributed by atoms with E-state index in [1.165, 1.54) is 12.1 Å². The highest BCUT2D eigenvalue weighted by atomic mass is 19.1. The van der Waals surface area contributed by atoms with Gasteiger partial charge in [-0.25, -0.2) is 18.8 Å². The van der Waals surface area contributed by atoms with Gasteiger partial charge in [0.15, 0.2) is 18.0 Å². The Bertz CT molecular complexity index is 1290. The van der Waals surface area contributed by atoms with Gasteiger partial charge in [-0.05, 0) is 31.2 Å². The van der Waals surface area contributed by atoms with E-state index in [1.807, 2.05) is 4.98 Å². The minimum atomic E-state index is -2.42. The number of halogens is 1. The fraction of sp³-hybridized carbons (Fsp3) is 0.250. The summed E-state index contributed by atoms with van der Waals surface area (Å²) in [4.78, 5) is 50.8. The Kier molecular flexibility index (Phi) is 6.42. The Morgan fingerprint density at radius 1 is 1.00 bits per heavy atom. The summed E-state index contributed by atoms with van der Waals surface area (Å²) < 4.78 is 33.4. The summed E-state index contributed by atoms with van der Waals surface area (Å²) in [5.74, 6) is -1.49. The number of nitrogens with one attached hydrogen (secondary N) is 1. The molecule has 3 aromatic rings. The molecule has 0 spiro atoms. The topological polar surface area (TPSA) is 117 Å². The molecule has 176 valence electrons. The molecule has 10 heteroatoms. The molecule has 0 amide bonds. The molecule has 0 saturated carbocycles. The summed E-state index contributed by atoms with van der Waals surface area (Å²) >= 11 is 0. The van der Waals surface area contributed by atoms with Crippen molar-refractivity contribution >= 4 is 11.9 Å². The summed E-state index contributed by atoms with van der Waals surface area (Å²) in [6.45, 7) is 0.658. The minimum Gasteiger partial charge on any atom is -0.459 e. The van der Waals surface area contributed by atoms with Crippen molar-refractivity contribution < 1.29 is 28.2 Å². The van der Waals surface area contributed by atoms with Gasteiger partial charge in [-0.15, -0.1) is 0 Å². The van der Waals surface area contributed by atoms with Gasteiger partial charge in [0.25, 0.3) is 5.56 Å². The van der Waals surface area contributed by atoms with Crippen molar-refractivity contribution in [2.45, 2.75) is 31.0 Å². The number of aromatic nitrogens is 2. The lowest BCUT2D eigenvalue weighted by molar-refractivity contribution is -0.0649. The van der Waals surface area contributed by atoms with E-state index in [1.54, 1.807) is 48.5 Å². The van der Waals surface area contributed by atoms with Crippen LogP contribution in [0.1, 0.15) is 33.9 Å². The molecular formula is C24H21FN2O7. The monoisotopic (exact) mass is 468 g/mol. The van der Waals surface area contributed by atoms with E-state index in [9.17, 15) is 19.2 Å². The number of hydrogen-bond donors (Lipinski definition) is 1. The second kappa shape index (κ2) is 9.44. The third-order valence-electron chi connectivity index (χ3n) is 5.42. The molecule has 0 bridgehead atoms. The van der Waals surface area contributed by atoms with Crippen molar-refractivity contribution in [3.8, 4) is 0 Å². The number of alkyl halides is 1. The van der Waals surface area contributed by atoms with Crippen LogP contribution in [0.3, 0.4) is 0 Å². The Morgan fingerprint density at radius 3 is 2.18 bits per heavy atom. The highest BCUT2D eigenvalue weighted by molar-refractivity contribution is 5.90. The van der Waals surface area contributed by atoms with E-state index in [-0.39, 0.29) is 11.1 Å². The number of hydrogen-bond acceptors (Lipinski definition) is 7. The fourth-order valence-corrected chi connectivity index (χ4v) is 3.71. The molecule has 34 heavy (non-hydrogen) atoms. The van der Waals surface area contributed by atoms with Crippen LogP contribution in [0.15, 0.2) is 82.5 Å². The average molecular weight is 468 g/mol. The van der Waals surface area contributed by atoms with Crippen LogP contribution in [0.4, 0.5) is 4.39 Å². The Labute approximate surface area is 192 Å². The lowest BCUT2D eigenvalue weighted by Crippen LogP contribution is -2.46. The van der Waals surface area contributed by atoms with Gasteiger partial charge < -0.3 is 14.2 Å². The van der Waals surface area contributed by atoms with Crippen LogP contribution in [-0.4, -0.2) is 46.0 Å². The molecule has 1 fully saturated rings. The van der Waals surface area contributed by atoms with Crippen molar-refractivity contribution in [2.75, 3.05) is 6.61 Å². The molecule has 1 aromatic heterocycles. The zero-order valence-corrected chi connectivity index (χ0v) is 18.1. The molecule has 1 aliphatic rings. The first-order valence-electron chi connectivity index (χ1n) is 10.4. The molecule has 4 atom stereocenters. The van der Waals surface area contributed by atoms with Crippen molar-refractivity contribution in [3.05, 3.63) is 105 Å². The van der Waals surface area contributed by atoms with E-state index in [2.05, 4.69) is 0 Å². The van der Waals surface area contributed by atoms with Gasteiger partial charge in [-0.1, -0.05) is 36.4 Å². The lowest BCUT2D eigenvalue weighted by Gasteiger charge is -2.27. The predicted octanol–water partition coefficient (Wildman–Crippen LogP) is 2.24. The summed E-state index contributed by atoms with van der Waals surface area (Å²) in [7, 11) is 0. The molecule has 2 aromatic carbocycles. The van der Waals surface area contributed by atoms with Crippen LogP contribution in [0, 0.1) is 0 Å². The van der Waals surface area contributed by atoms with Gasteiger partial charge >= 0.3 is 17.6 Å². The highest BCUT2D eigenvalue weighted by Crippen LogP contribution is 2.42. The molecule has 0 radical (unpaired) electrons. The van der Waals surface area contributed by atoms with Crippen LogP contribution in [0.25, 0.3) is 0 Å². The second-order valence-corrected chi connectivity index (χ2v) is 7.85. The average Bonchev–Trinajstić information content (AvgIpc) is 3.08. The van der Waals surface area contributed by atoms with Gasteiger partial charge in [0.1, 0.15) is 12.7 Å². The number of carbonyl (C=O) groups excluding carboxylic acids is 2. The third-order valence-corrected chi connectivity index (χ3v) is 5.42. The van der Waals surface area contributed by atoms with Crippen LogP contribution in [-0.2, 0) is 14.2 Å². The summed E-state index contributed by atoms with van der Waals surface area (Å²) in [5.41, 5.74) is -3.54. The highest BCUT2D eigenvalue weighted by Gasteiger charge is 2.58. The van der Waals surface area contributed by atoms with Crippen molar-refractivity contribution in [3.63, 3.8) is 0 Å². The van der Waals surface area contributed by atoms with E-state index in [0.29, 0.717) is 0 Å². The third kappa shape index (κ3) is 4.67. The molecule has 0 aliphatic carbocycles. The first kappa shape index (κ1) is 23.1. The minimum absolute atomic E-state index is 0.183. The zero-order chi connectivity index (χ0) is 24.3. The largest absolute Gasteiger partial charge is 0.459 e. The van der Waals surface area contributed by atoms with Crippen molar-refractivity contribution in [1.82, 2.24) is 9.55 Å². The molecule has 2 heterocycles. The Morgan fingerprint density at radius 2 is 1.59 bits per heavy atom. The van der Waals surface area contributed by atoms with Crippen LogP contribution < -0.4 is 11.2 Å². The normalized spacial score (nSPS) is 23.9. The maximum absolute atomic E-state index is 16.1. The van der Waals surface area contributed by atoms with Crippen LogP contribution in [0.2, 0.25) is 0 Å². The Balaban J connectivity index is 1.62. The Hall–Kier alpha value is -4.05. The number of rotatable bonds is 6. The van der Waals surface area contributed by atoms with E-state index >= 15 is 4.39 Å². The second-order valence-electron chi connectivity index (χ2n) is 7.85. The maximum atomic E-state index is 16.1. The lowest BCUT2D eigenvalue weighted by atomic mass is 9.98. The fourth-order valence-electron chi connectivity index (χ4n) is 3.71. The smallest absolute Gasteiger partial charge is 0.338 e. The van der Waals surface area contributed by atoms with E-state index in [0.717, 1.165) is 23.8 Å². The predicted molar refractivity (Wildman–Crippen MR) is 117 cm³/mol. The first-order valence-corrected chi connectivity index (χ1v) is 10.4. The number of H-pyrrole nitrogens is 1. The number of nitrogens with zero attached hydrogens (tertiary/aromatic N) is 1. The van der Waals surface area contributed by atoms with Crippen LogP contribution >= 0.6 is 0 Å². The van der Waals surface area contributed by atoms with Crippen molar-refractivity contribution in [2.24, 2.45) is 0 Å². The number of esters is 2. The number of ether oxygens (including phenoxy) is 3. The summed E-state index contributed by atoms with van der Waals surface area (Å²) in [6, 6.07) is 17.1. The standard InChI is InChI=1S/C24H21FN2O7/c1-24(25)19(34-21(30)16-10-6-3-7-11-16)17(14-32-20(29)15-8-4-2-5-9-15)33-22(24)27-13-12-18(28)26-23(27)31/h2-13,17,19,22H,14H2,1H3,(H,26,28,31)/t17-,19-,22?,24+/m1/s1. The summed E-state index contributed by atoms with van der Waals surface area (Å²) in [5, 5.41) is 0. The molecule has 9 nitrogen and oxygen atoms in total. The number of benzene rings is 2. The van der Waals surface area contributed by atoms with E-state index < -0.39 is 53.9 Å². The van der Waals surface area contributed by atoms with Gasteiger partial charge in [-0.3, -0.25) is 14.3 Å². The molecular weight excluding hydrogens is 447 g/mol. The SMILES string of the molecule is C[C@@]1(F)C(n2ccc(=O)[nH]c2=O)O[C@H](COC(=O)c2ccccc2)[C@H]1OC(=O)c1ccccc1. The van der Waals surface area contributed by atoms with Crippen LogP contribution in [0.5, 0.6) is 0 Å². The van der Waals surface area contributed by atoms with Crippen molar-refractivity contribution in [1.29, 1.82) is 0 Å². The van der Waals surface area contributed by atoms with Gasteiger partial charge in [-0.2, -0.15) is 0 Å². The molecule has 4 rings (SSSR count). The summed E-state index contributed by atoms with van der Waals surface area (Å²) in [6.07, 6.45) is -3.25. The number of aromatic amines is 1. The quantitative estimate of drug-likeness (QED) is 0.552. The molecule has 1 unspecified atom stereocenters.